The molecule has 0 amide bonds. The molecule has 168 valence electrons. The van der Waals surface area contributed by atoms with E-state index in [-0.39, 0.29) is 12.6 Å². The van der Waals surface area contributed by atoms with Gasteiger partial charge in [0.25, 0.3) is 0 Å². The minimum Gasteiger partial charge on any atom is -0.396 e. The fraction of sp³-hybridized carbons (Fsp3) is 0.346. The highest BCUT2D eigenvalue weighted by atomic mass is 35.5. The Morgan fingerprint density at radius 1 is 1.16 bits per heavy atom. The summed E-state index contributed by atoms with van der Waals surface area (Å²) in [5, 5.41) is 24.8. The molecule has 2 heterocycles. The summed E-state index contributed by atoms with van der Waals surface area (Å²) in [6.45, 7) is 3.89. The first-order valence-electron chi connectivity index (χ1n) is 11.2. The number of aliphatic hydroxyl groups excluding tert-OH is 2. The van der Waals surface area contributed by atoms with E-state index in [4.69, 9.17) is 11.6 Å². The van der Waals surface area contributed by atoms with Gasteiger partial charge in [-0.05, 0) is 59.7 Å². The van der Waals surface area contributed by atoms with E-state index in [0.717, 1.165) is 53.9 Å². The lowest BCUT2D eigenvalue weighted by Crippen LogP contribution is -2.27. The van der Waals surface area contributed by atoms with Crippen molar-refractivity contribution in [3.8, 4) is 0 Å². The predicted molar refractivity (Wildman–Crippen MR) is 131 cm³/mol. The fourth-order valence-corrected chi connectivity index (χ4v) is 4.67. The number of rotatable bonds is 8. The summed E-state index contributed by atoms with van der Waals surface area (Å²) in [6, 6.07) is 18.0. The summed E-state index contributed by atoms with van der Waals surface area (Å²) in [5.41, 5.74) is 5.10. The molecule has 6 heteroatoms. The van der Waals surface area contributed by atoms with Gasteiger partial charge in [-0.25, -0.2) is 4.98 Å². The zero-order chi connectivity index (χ0) is 22.5. The maximum absolute atomic E-state index is 11.1. The van der Waals surface area contributed by atoms with Gasteiger partial charge in [0, 0.05) is 37.6 Å². The average Bonchev–Trinajstić information content (AvgIpc) is 3.28. The van der Waals surface area contributed by atoms with Crippen molar-refractivity contribution in [1.29, 1.82) is 0 Å². The van der Waals surface area contributed by atoms with Gasteiger partial charge in [0.05, 0.1) is 5.02 Å². The Kier molecular flexibility index (Phi) is 7.30. The smallest absolute Gasteiger partial charge is 0.145 e. The number of aryl methyl sites for hydroxylation is 1. The highest BCUT2D eigenvalue weighted by Crippen LogP contribution is 2.32. The van der Waals surface area contributed by atoms with Gasteiger partial charge in [0.1, 0.15) is 11.9 Å². The van der Waals surface area contributed by atoms with E-state index in [1.54, 1.807) is 6.20 Å². The summed E-state index contributed by atoms with van der Waals surface area (Å²) < 4.78 is 0. The van der Waals surface area contributed by atoms with Crippen molar-refractivity contribution in [2.24, 2.45) is 0 Å². The highest BCUT2D eigenvalue weighted by molar-refractivity contribution is 6.32. The SMILES string of the molecule is CCc1ccccc1C(O)c1ccc(N2CC[C@H](Nc3ncccc3Cl)C2)c(CCO)c1. The summed E-state index contributed by atoms with van der Waals surface area (Å²) in [7, 11) is 0. The van der Waals surface area contributed by atoms with Crippen LogP contribution in [0.4, 0.5) is 11.5 Å². The van der Waals surface area contributed by atoms with E-state index in [0.29, 0.717) is 17.3 Å². The van der Waals surface area contributed by atoms with Crippen LogP contribution in [0.25, 0.3) is 0 Å². The van der Waals surface area contributed by atoms with Gasteiger partial charge in [0.2, 0.25) is 0 Å². The van der Waals surface area contributed by atoms with Gasteiger partial charge in [-0.15, -0.1) is 0 Å². The first-order valence-corrected chi connectivity index (χ1v) is 11.6. The number of aromatic nitrogens is 1. The topological polar surface area (TPSA) is 68.6 Å². The molecule has 1 aromatic heterocycles. The van der Waals surface area contributed by atoms with Crippen LogP contribution in [-0.4, -0.2) is 40.9 Å². The molecule has 0 aliphatic carbocycles. The average molecular weight is 452 g/mol. The van der Waals surface area contributed by atoms with Gasteiger partial charge in [-0.1, -0.05) is 54.9 Å². The number of halogens is 1. The predicted octanol–water partition coefficient (Wildman–Crippen LogP) is 4.60. The third kappa shape index (κ3) is 4.90. The van der Waals surface area contributed by atoms with E-state index in [1.165, 1.54) is 0 Å². The lowest BCUT2D eigenvalue weighted by molar-refractivity contribution is 0.219. The van der Waals surface area contributed by atoms with Crippen molar-refractivity contribution < 1.29 is 10.2 Å². The Balaban J connectivity index is 1.54. The second kappa shape index (κ2) is 10.3. The molecule has 4 rings (SSSR count). The Hall–Kier alpha value is -2.60. The summed E-state index contributed by atoms with van der Waals surface area (Å²) in [6.07, 6.45) is 3.45. The monoisotopic (exact) mass is 451 g/mol. The zero-order valence-electron chi connectivity index (χ0n) is 18.3. The molecule has 3 aromatic rings. The van der Waals surface area contributed by atoms with Crippen molar-refractivity contribution in [1.82, 2.24) is 4.98 Å². The number of nitrogens with one attached hydrogen (secondary N) is 1. The molecular weight excluding hydrogens is 422 g/mol. The lowest BCUT2D eigenvalue weighted by Gasteiger charge is -2.24. The van der Waals surface area contributed by atoms with Crippen LogP contribution in [0.2, 0.25) is 5.02 Å². The maximum atomic E-state index is 11.1. The van der Waals surface area contributed by atoms with Crippen LogP contribution in [0.15, 0.2) is 60.8 Å². The number of hydrogen-bond acceptors (Lipinski definition) is 5. The standard InChI is InChI=1S/C26H30ClN3O2/c1-2-18-6-3-4-7-22(18)25(32)20-9-10-24(19(16-20)12-15-31)30-14-11-21(17-30)29-26-23(27)8-5-13-28-26/h3-10,13,16,21,25,31-32H,2,11-12,14-15,17H2,1H3,(H,28,29)/t21-,25?/m0/s1. The first-order chi connectivity index (χ1) is 15.6. The van der Waals surface area contributed by atoms with Gasteiger partial charge in [0.15, 0.2) is 0 Å². The molecular formula is C26H30ClN3O2. The minimum absolute atomic E-state index is 0.0666. The van der Waals surface area contributed by atoms with Crippen molar-refractivity contribution in [2.45, 2.75) is 38.3 Å². The summed E-state index contributed by atoms with van der Waals surface area (Å²) >= 11 is 6.25. The van der Waals surface area contributed by atoms with Crippen LogP contribution in [0.5, 0.6) is 0 Å². The molecule has 1 fully saturated rings. The van der Waals surface area contributed by atoms with E-state index in [1.807, 2.05) is 42.5 Å². The molecule has 0 radical (unpaired) electrons. The van der Waals surface area contributed by atoms with Crippen molar-refractivity contribution in [2.75, 3.05) is 29.9 Å². The molecule has 1 unspecified atom stereocenters. The maximum Gasteiger partial charge on any atom is 0.145 e. The third-order valence-corrected chi connectivity index (χ3v) is 6.46. The molecule has 0 saturated carbocycles. The molecule has 1 aliphatic rings. The first kappa shape index (κ1) is 22.6. The number of aliphatic hydroxyl groups is 2. The fourth-order valence-electron chi connectivity index (χ4n) is 4.49. The van der Waals surface area contributed by atoms with Crippen LogP contribution >= 0.6 is 11.6 Å². The number of nitrogens with zero attached hydrogens (tertiary/aromatic N) is 2. The molecule has 1 aliphatic heterocycles. The summed E-state index contributed by atoms with van der Waals surface area (Å²) in [5.74, 6) is 0.713. The van der Waals surface area contributed by atoms with Crippen LogP contribution < -0.4 is 10.2 Å². The molecule has 2 aromatic carbocycles. The van der Waals surface area contributed by atoms with Crippen molar-refractivity contribution in [3.05, 3.63) is 88.1 Å². The molecule has 2 atom stereocenters. The number of pyridine rings is 1. The molecule has 32 heavy (non-hydrogen) atoms. The second-order valence-corrected chi connectivity index (χ2v) is 8.63. The zero-order valence-corrected chi connectivity index (χ0v) is 19.1. The van der Waals surface area contributed by atoms with E-state index in [9.17, 15) is 10.2 Å². The van der Waals surface area contributed by atoms with E-state index < -0.39 is 6.10 Å². The van der Waals surface area contributed by atoms with Gasteiger partial charge >= 0.3 is 0 Å². The molecule has 1 saturated heterocycles. The number of hydrogen-bond donors (Lipinski definition) is 3. The molecule has 0 bridgehead atoms. The van der Waals surface area contributed by atoms with Crippen LogP contribution in [0, 0.1) is 0 Å². The van der Waals surface area contributed by atoms with E-state index in [2.05, 4.69) is 34.3 Å². The van der Waals surface area contributed by atoms with Crippen molar-refractivity contribution >= 4 is 23.1 Å². The Morgan fingerprint density at radius 2 is 2.00 bits per heavy atom. The van der Waals surface area contributed by atoms with Gasteiger partial charge in [-0.3, -0.25) is 0 Å². The quantitative estimate of drug-likeness (QED) is 0.466. The number of anilines is 2. The van der Waals surface area contributed by atoms with Crippen LogP contribution in [0.3, 0.4) is 0 Å². The molecule has 3 N–H and O–H groups in total. The Bertz CT molecular complexity index is 1060. The highest BCUT2D eigenvalue weighted by Gasteiger charge is 2.25. The second-order valence-electron chi connectivity index (χ2n) is 8.23. The Morgan fingerprint density at radius 3 is 2.78 bits per heavy atom. The van der Waals surface area contributed by atoms with Crippen LogP contribution in [-0.2, 0) is 12.8 Å². The Labute approximate surface area is 194 Å². The number of benzene rings is 2. The third-order valence-electron chi connectivity index (χ3n) is 6.16. The largest absolute Gasteiger partial charge is 0.396 e. The van der Waals surface area contributed by atoms with Crippen LogP contribution in [0.1, 0.15) is 41.7 Å². The summed E-state index contributed by atoms with van der Waals surface area (Å²) in [4.78, 5) is 6.67. The molecule has 5 nitrogen and oxygen atoms in total. The van der Waals surface area contributed by atoms with Gasteiger partial charge in [-0.2, -0.15) is 0 Å². The normalized spacial score (nSPS) is 16.9. The van der Waals surface area contributed by atoms with E-state index >= 15 is 0 Å². The minimum atomic E-state index is -0.683. The van der Waals surface area contributed by atoms with Crippen molar-refractivity contribution in [3.63, 3.8) is 0 Å². The lowest BCUT2D eigenvalue weighted by atomic mass is 9.93. The van der Waals surface area contributed by atoms with Gasteiger partial charge < -0.3 is 20.4 Å². The molecule has 0 spiro atoms.